The molecule has 3 nitrogen and oxygen atoms in total. The van der Waals surface area contributed by atoms with Gasteiger partial charge in [-0.25, -0.2) is 4.98 Å². The molecule has 1 N–H and O–H groups in total. The summed E-state index contributed by atoms with van der Waals surface area (Å²) in [6.07, 6.45) is 3.30. The average Bonchev–Trinajstić information content (AvgIpc) is 2.52. The van der Waals surface area contributed by atoms with E-state index in [1.807, 2.05) is 12.1 Å². The smallest absolute Gasteiger partial charge is 0.165 e. The molecule has 0 aliphatic heterocycles. The zero-order valence-corrected chi connectivity index (χ0v) is 9.50. The van der Waals surface area contributed by atoms with E-state index in [1.165, 1.54) is 0 Å². The lowest BCUT2D eigenvalue weighted by Gasteiger charge is -2.28. The molecule has 3 heteroatoms. The standard InChI is InChI=1S/C13H14N2O/c1-13(2)6-9-11(10(16)7-13)8-4-3-5-14-12(8)15-9/h3-5H,6-7H2,1-2H3,(H,14,15). The molecule has 2 aromatic heterocycles. The van der Waals surface area contributed by atoms with Crippen LogP contribution in [0.5, 0.6) is 0 Å². The minimum Gasteiger partial charge on any atom is -0.343 e. The van der Waals surface area contributed by atoms with Crippen LogP contribution in [0.2, 0.25) is 0 Å². The van der Waals surface area contributed by atoms with Gasteiger partial charge in [0.25, 0.3) is 0 Å². The highest BCUT2D eigenvalue weighted by molar-refractivity contribution is 6.09. The molecule has 0 saturated carbocycles. The molecule has 0 saturated heterocycles. The number of nitrogens with zero attached hydrogens (tertiary/aromatic N) is 1. The molecule has 0 unspecified atom stereocenters. The first-order valence-electron chi connectivity index (χ1n) is 5.56. The molecule has 1 aliphatic rings. The van der Waals surface area contributed by atoms with Crippen LogP contribution in [0.1, 0.15) is 36.3 Å². The fraction of sp³-hybridized carbons (Fsp3) is 0.385. The molecule has 2 heterocycles. The van der Waals surface area contributed by atoms with Crippen molar-refractivity contribution in [3.05, 3.63) is 29.6 Å². The number of nitrogens with one attached hydrogen (secondary N) is 1. The molecule has 0 amide bonds. The van der Waals surface area contributed by atoms with Crippen LogP contribution in [0.25, 0.3) is 11.0 Å². The van der Waals surface area contributed by atoms with Crippen LogP contribution < -0.4 is 0 Å². The average molecular weight is 214 g/mol. The zero-order chi connectivity index (χ0) is 11.3. The molecule has 0 spiro atoms. The summed E-state index contributed by atoms with van der Waals surface area (Å²) < 4.78 is 0. The molecule has 0 fully saturated rings. The van der Waals surface area contributed by atoms with Gasteiger partial charge in [0.1, 0.15) is 5.65 Å². The number of hydrogen-bond acceptors (Lipinski definition) is 2. The van der Waals surface area contributed by atoms with E-state index in [2.05, 4.69) is 23.8 Å². The van der Waals surface area contributed by atoms with Crippen molar-refractivity contribution in [1.82, 2.24) is 9.97 Å². The maximum absolute atomic E-state index is 12.1. The van der Waals surface area contributed by atoms with E-state index in [4.69, 9.17) is 0 Å². The second-order valence-electron chi connectivity index (χ2n) is 5.32. The maximum Gasteiger partial charge on any atom is 0.165 e. The minimum absolute atomic E-state index is 0.0605. The third kappa shape index (κ3) is 1.28. The molecule has 0 bridgehead atoms. The number of carbonyl (C=O) groups excluding carboxylic acids is 1. The maximum atomic E-state index is 12.1. The van der Waals surface area contributed by atoms with Crippen molar-refractivity contribution in [2.75, 3.05) is 0 Å². The van der Waals surface area contributed by atoms with Crippen molar-refractivity contribution in [3.63, 3.8) is 0 Å². The van der Waals surface area contributed by atoms with Gasteiger partial charge in [-0.05, 0) is 24.0 Å². The molecular formula is C13H14N2O. The Labute approximate surface area is 93.9 Å². The van der Waals surface area contributed by atoms with Crippen molar-refractivity contribution in [2.45, 2.75) is 26.7 Å². The highest BCUT2D eigenvalue weighted by Gasteiger charge is 2.33. The minimum atomic E-state index is 0.0605. The molecule has 82 valence electrons. The number of hydrogen-bond donors (Lipinski definition) is 1. The van der Waals surface area contributed by atoms with Gasteiger partial charge in [-0.2, -0.15) is 0 Å². The van der Waals surface area contributed by atoms with E-state index in [-0.39, 0.29) is 11.2 Å². The first-order valence-corrected chi connectivity index (χ1v) is 5.56. The molecule has 0 radical (unpaired) electrons. The van der Waals surface area contributed by atoms with E-state index in [9.17, 15) is 4.79 Å². The van der Waals surface area contributed by atoms with Crippen LogP contribution in [0.4, 0.5) is 0 Å². The number of Topliss-reactive ketones (excluding diaryl/α,β-unsaturated/α-hetero) is 1. The summed E-state index contributed by atoms with van der Waals surface area (Å²) in [5.41, 5.74) is 2.81. The molecule has 1 aliphatic carbocycles. The van der Waals surface area contributed by atoms with Gasteiger partial charge in [0.15, 0.2) is 5.78 Å². The Morgan fingerprint density at radius 2 is 2.19 bits per heavy atom. The first kappa shape index (κ1) is 9.58. The molecule has 0 aromatic carbocycles. The number of aromatic amines is 1. The van der Waals surface area contributed by atoms with Crippen LogP contribution in [-0.4, -0.2) is 15.8 Å². The molecule has 2 aromatic rings. The number of aromatic nitrogens is 2. The normalized spacial score (nSPS) is 18.8. The quantitative estimate of drug-likeness (QED) is 0.732. The van der Waals surface area contributed by atoms with Crippen LogP contribution in [0.15, 0.2) is 18.3 Å². The van der Waals surface area contributed by atoms with E-state index >= 15 is 0 Å². The number of H-pyrrole nitrogens is 1. The lowest BCUT2D eigenvalue weighted by molar-refractivity contribution is 0.0913. The summed E-state index contributed by atoms with van der Waals surface area (Å²) >= 11 is 0. The van der Waals surface area contributed by atoms with E-state index < -0.39 is 0 Å². The summed E-state index contributed by atoms with van der Waals surface area (Å²) in [5, 5.41) is 0.970. The third-order valence-corrected chi connectivity index (χ3v) is 3.22. The summed E-state index contributed by atoms with van der Waals surface area (Å²) in [6, 6.07) is 3.84. The molecule has 16 heavy (non-hydrogen) atoms. The largest absolute Gasteiger partial charge is 0.343 e. The Morgan fingerprint density at radius 3 is 3.00 bits per heavy atom. The van der Waals surface area contributed by atoms with E-state index in [0.29, 0.717) is 6.42 Å². The summed E-state index contributed by atoms with van der Waals surface area (Å²) in [6.45, 7) is 4.26. The summed E-state index contributed by atoms with van der Waals surface area (Å²) in [5.74, 6) is 0.241. The number of ketones is 1. The lowest BCUT2D eigenvalue weighted by atomic mass is 9.76. The number of fused-ring (bicyclic) bond motifs is 3. The van der Waals surface area contributed by atoms with Gasteiger partial charge < -0.3 is 4.98 Å². The molecule has 3 rings (SSSR count). The highest BCUT2D eigenvalue weighted by atomic mass is 16.1. The zero-order valence-electron chi connectivity index (χ0n) is 9.50. The SMILES string of the molecule is CC1(C)CC(=O)c2c([nH]c3ncccc23)C1. The molecule has 0 atom stereocenters. The summed E-state index contributed by atoms with van der Waals surface area (Å²) in [4.78, 5) is 19.7. The fourth-order valence-electron chi connectivity index (χ4n) is 2.59. The van der Waals surface area contributed by atoms with E-state index in [0.717, 1.165) is 28.7 Å². The van der Waals surface area contributed by atoms with Gasteiger partial charge in [-0.1, -0.05) is 13.8 Å². The van der Waals surface area contributed by atoms with Gasteiger partial charge in [0, 0.05) is 29.3 Å². The number of pyridine rings is 1. The van der Waals surface area contributed by atoms with Crippen LogP contribution >= 0.6 is 0 Å². The Kier molecular flexibility index (Phi) is 1.76. The van der Waals surface area contributed by atoms with Gasteiger partial charge in [0.2, 0.25) is 0 Å². The van der Waals surface area contributed by atoms with Crippen molar-refractivity contribution < 1.29 is 4.79 Å². The third-order valence-electron chi connectivity index (χ3n) is 3.22. The van der Waals surface area contributed by atoms with Crippen molar-refractivity contribution in [3.8, 4) is 0 Å². The predicted octanol–water partition coefficient (Wildman–Crippen LogP) is 2.72. The molecular weight excluding hydrogens is 200 g/mol. The predicted molar refractivity (Wildman–Crippen MR) is 62.5 cm³/mol. The highest BCUT2D eigenvalue weighted by Crippen LogP contribution is 2.37. The van der Waals surface area contributed by atoms with Gasteiger partial charge in [-0.3, -0.25) is 4.79 Å². The van der Waals surface area contributed by atoms with Crippen LogP contribution in [0, 0.1) is 5.41 Å². The topological polar surface area (TPSA) is 45.8 Å². The van der Waals surface area contributed by atoms with E-state index in [1.54, 1.807) is 6.20 Å². The Morgan fingerprint density at radius 1 is 1.38 bits per heavy atom. The van der Waals surface area contributed by atoms with Crippen molar-refractivity contribution in [1.29, 1.82) is 0 Å². The second-order valence-corrected chi connectivity index (χ2v) is 5.32. The Bertz CT molecular complexity index is 581. The van der Waals surface area contributed by atoms with Gasteiger partial charge in [-0.15, -0.1) is 0 Å². The lowest BCUT2D eigenvalue weighted by Crippen LogP contribution is -2.26. The van der Waals surface area contributed by atoms with Gasteiger partial charge >= 0.3 is 0 Å². The van der Waals surface area contributed by atoms with Crippen molar-refractivity contribution >= 4 is 16.8 Å². The summed E-state index contributed by atoms with van der Waals surface area (Å²) in [7, 11) is 0. The van der Waals surface area contributed by atoms with Crippen LogP contribution in [0.3, 0.4) is 0 Å². The second kappa shape index (κ2) is 2.94. The Balaban J connectivity index is 2.29. The monoisotopic (exact) mass is 214 g/mol. The van der Waals surface area contributed by atoms with Crippen LogP contribution in [-0.2, 0) is 6.42 Å². The number of rotatable bonds is 0. The first-order chi connectivity index (χ1) is 7.57. The Hall–Kier alpha value is -1.64. The van der Waals surface area contributed by atoms with Crippen molar-refractivity contribution in [2.24, 2.45) is 5.41 Å². The fourth-order valence-corrected chi connectivity index (χ4v) is 2.59. The number of carbonyl (C=O) groups is 1. The van der Waals surface area contributed by atoms with Gasteiger partial charge in [0.05, 0.1) is 0 Å².